The van der Waals surface area contributed by atoms with Gasteiger partial charge in [0.2, 0.25) is 0 Å². The Morgan fingerprint density at radius 2 is 2.00 bits per heavy atom. The quantitative estimate of drug-likeness (QED) is 0.742. The Kier molecular flexibility index (Phi) is 5.49. The lowest BCUT2D eigenvalue weighted by Crippen LogP contribution is -2.07. The third-order valence-corrected chi connectivity index (χ3v) is 2.99. The Morgan fingerprint density at radius 1 is 1.20 bits per heavy atom. The van der Waals surface area contributed by atoms with E-state index in [1.807, 2.05) is 24.3 Å². The first-order chi connectivity index (χ1) is 9.85. The third-order valence-electron chi connectivity index (χ3n) is 2.99. The lowest BCUT2D eigenvalue weighted by atomic mass is 10.2. The molecule has 1 aromatic heterocycles. The van der Waals surface area contributed by atoms with Crippen molar-refractivity contribution in [2.24, 2.45) is 5.73 Å². The molecular formula is C14H21N5O. The highest BCUT2D eigenvalue weighted by Crippen LogP contribution is 2.16. The molecule has 0 spiro atoms. The van der Waals surface area contributed by atoms with Gasteiger partial charge in [-0.3, -0.25) is 0 Å². The number of hydrogen-bond acceptors (Lipinski definition) is 5. The molecule has 108 valence electrons. The van der Waals surface area contributed by atoms with Gasteiger partial charge < -0.3 is 10.5 Å². The van der Waals surface area contributed by atoms with Crippen LogP contribution < -0.4 is 10.5 Å². The van der Waals surface area contributed by atoms with E-state index in [0.717, 1.165) is 49.6 Å². The van der Waals surface area contributed by atoms with Crippen molar-refractivity contribution in [3.05, 3.63) is 30.1 Å². The largest absolute Gasteiger partial charge is 0.494 e. The van der Waals surface area contributed by atoms with Crippen molar-refractivity contribution in [3.63, 3.8) is 0 Å². The van der Waals surface area contributed by atoms with Crippen LogP contribution in [0.1, 0.15) is 32.0 Å². The summed E-state index contributed by atoms with van der Waals surface area (Å²) in [6, 6.07) is 7.81. The molecule has 0 radical (unpaired) electrons. The fraction of sp³-hybridized carbons (Fsp3) is 0.500. The van der Waals surface area contributed by atoms with Crippen LogP contribution in [0, 0.1) is 0 Å². The molecule has 1 aromatic carbocycles. The maximum absolute atomic E-state index is 5.64. The summed E-state index contributed by atoms with van der Waals surface area (Å²) in [7, 11) is 0. The van der Waals surface area contributed by atoms with Crippen LogP contribution in [-0.2, 0) is 6.42 Å². The smallest absolute Gasteiger partial charge is 0.156 e. The minimum absolute atomic E-state index is 0.636. The van der Waals surface area contributed by atoms with Crippen LogP contribution in [0.3, 0.4) is 0 Å². The van der Waals surface area contributed by atoms with Gasteiger partial charge in [-0.1, -0.05) is 13.3 Å². The minimum atomic E-state index is 0.636. The van der Waals surface area contributed by atoms with Crippen molar-refractivity contribution >= 4 is 0 Å². The van der Waals surface area contributed by atoms with Gasteiger partial charge in [0.25, 0.3) is 0 Å². The average Bonchev–Trinajstić information content (AvgIpc) is 2.94. The summed E-state index contributed by atoms with van der Waals surface area (Å²) in [5.74, 6) is 1.70. The monoisotopic (exact) mass is 275 g/mol. The molecule has 6 heteroatoms. The fourth-order valence-electron chi connectivity index (χ4n) is 1.84. The summed E-state index contributed by atoms with van der Waals surface area (Å²) in [6.45, 7) is 3.53. The molecule has 20 heavy (non-hydrogen) atoms. The molecule has 0 saturated heterocycles. The summed E-state index contributed by atoms with van der Waals surface area (Å²) in [6.07, 6.45) is 3.85. The van der Waals surface area contributed by atoms with E-state index in [1.165, 1.54) is 0 Å². The molecule has 0 aliphatic carbocycles. The van der Waals surface area contributed by atoms with E-state index in [-0.39, 0.29) is 0 Å². The molecule has 0 aliphatic heterocycles. The maximum Gasteiger partial charge on any atom is 0.156 e. The predicted molar refractivity (Wildman–Crippen MR) is 76.9 cm³/mol. The summed E-state index contributed by atoms with van der Waals surface area (Å²) < 4.78 is 7.38. The summed E-state index contributed by atoms with van der Waals surface area (Å²) in [4.78, 5) is 0. The van der Waals surface area contributed by atoms with E-state index in [1.54, 1.807) is 4.68 Å². The molecule has 0 atom stereocenters. The number of aromatic nitrogens is 4. The second-order valence-electron chi connectivity index (χ2n) is 4.60. The number of ether oxygens (including phenoxy) is 1. The van der Waals surface area contributed by atoms with Crippen LogP contribution in [0.5, 0.6) is 5.75 Å². The van der Waals surface area contributed by atoms with E-state index >= 15 is 0 Å². The van der Waals surface area contributed by atoms with Gasteiger partial charge in [-0.15, -0.1) is 5.10 Å². The van der Waals surface area contributed by atoms with Crippen molar-refractivity contribution in [3.8, 4) is 11.4 Å². The van der Waals surface area contributed by atoms with Crippen molar-refractivity contribution in [2.45, 2.75) is 32.6 Å². The van der Waals surface area contributed by atoms with Gasteiger partial charge in [0.1, 0.15) is 5.75 Å². The molecule has 0 unspecified atom stereocenters. The molecule has 0 saturated carbocycles. The first-order valence-corrected chi connectivity index (χ1v) is 7.05. The molecule has 0 aliphatic rings. The molecule has 6 nitrogen and oxygen atoms in total. The first-order valence-electron chi connectivity index (χ1n) is 7.05. The lowest BCUT2D eigenvalue weighted by molar-refractivity contribution is 0.309. The number of nitrogens with zero attached hydrogens (tertiary/aromatic N) is 4. The highest BCUT2D eigenvalue weighted by Gasteiger charge is 2.07. The van der Waals surface area contributed by atoms with Crippen LogP contribution in [0.2, 0.25) is 0 Å². The zero-order valence-corrected chi connectivity index (χ0v) is 11.8. The molecule has 2 N–H and O–H groups in total. The number of hydrogen-bond donors (Lipinski definition) is 1. The number of benzene rings is 1. The molecule has 2 aromatic rings. The Hall–Kier alpha value is -1.95. The zero-order chi connectivity index (χ0) is 14.2. The van der Waals surface area contributed by atoms with Crippen LogP contribution >= 0.6 is 0 Å². The van der Waals surface area contributed by atoms with E-state index in [4.69, 9.17) is 10.5 Å². The van der Waals surface area contributed by atoms with Crippen LogP contribution in [0.15, 0.2) is 24.3 Å². The fourth-order valence-corrected chi connectivity index (χ4v) is 1.84. The Bertz CT molecular complexity index is 509. The van der Waals surface area contributed by atoms with Crippen molar-refractivity contribution in [1.82, 2.24) is 20.2 Å². The van der Waals surface area contributed by atoms with E-state index in [0.29, 0.717) is 6.54 Å². The number of rotatable bonds is 8. The van der Waals surface area contributed by atoms with Gasteiger partial charge in [0, 0.05) is 6.42 Å². The summed E-state index contributed by atoms with van der Waals surface area (Å²) >= 11 is 0. The van der Waals surface area contributed by atoms with Crippen molar-refractivity contribution < 1.29 is 4.74 Å². The highest BCUT2D eigenvalue weighted by atomic mass is 16.5. The Labute approximate surface area is 118 Å². The Balaban J connectivity index is 2.04. The van der Waals surface area contributed by atoms with E-state index in [9.17, 15) is 0 Å². The average molecular weight is 275 g/mol. The third kappa shape index (κ3) is 3.77. The number of nitrogens with two attached hydrogens (primary N) is 1. The second kappa shape index (κ2) is 7.59. The molecule has 0 fully saturated rings. The topological polar surface area (TPSA) is 78.8 Å². The maximum atomic E-state index is 5.64. The molecule has 0 bridgehead atoms. The van der Waals surface area contributed by atoms with Gasteiger partial charge >= 0.3 is 0 Å². The minimum Gasteiger partial charge on any atom is -0.494 e. The standard InChI is InChI=1S/C14H21N5O/c1-2-3-11-20-13-8-6-12(7-9-13)19-14(5-4-10-15)16-17-18-19/h6-9H,2-5,10-11,15H2,1H3. The molecular weight excluding hydrogens is 254 g/mol. The van der Waals surface area contributed by atoms with Crippen LogP contribution in [0.25, 0.3) is 5.69 Å². The summed E-state index contributed by atoms with van der Waals surface area (Å²) in [5, 5.41) is 11.8. The van der Waals surface area contributed by atoms with E-state index in [2.05, 4.69) is 22.4 Å². The van der Waals surface area contributed by atoms with Crippen LogP contribution in [-0.4, -0.2) is 33.4 Å². The van der Waals surface area contributed by atoms with Gasteiger partial charge in [0.05, 0.1) is 12.3 Å². The molecule has 1 heterocycles. The predicted octanol–water partition coefficient (Wildman–Crippen LogP) is 1.73. The molecule has 2 rings (SSSR count). The second-order valence-corrected chi connectivity index (χ2v) is 4.60. The normalized spacial score (nSPS) is 10.7. The van der Waals surface area contributed by atoms with Crippen molar-refractivity contribution in [2.75, 3.05) is 13.2 Å². The molecule has 0 amide bonds. The summed E-state index contributed by atoms with van der Waals surface area (Å²) in [5.41, 5.74) is 6.45. The number of unbranched alkanes of at least 4 members (excludes halogenated alkanes) is 1. The first kappa shape index (κ1) is 14.5. The zero-order valence-electron chi connectivity index (χ0n) is 11.8. The van der Waals surface area contributed by atoms with Gasteiger partial charge in [0.15, 0.2) is 5.82 Å². The number of tetrazole rings is 1. The van der Waals surface area contributed by atoms with Gasteiger partial charge in [-0.2, -0.15) is 4.68 Å². The SMILES string of the molecule is CCCCOc1ccc(-n2nnnc2CCCN)cc1. The van der Waals surface area contributed by atoms with E-state index < -0.39 is 0 Å². The number of aryl methyl sites for hydroxylation is 1. The Morgan fingerprint density at radius 3 is 2.70 bits per heavy atom. The van der Waals surface area contributed by atoms with Crippen molar-refractivity contribution in [1.29, 1.82) is 0 Å². The van der Waals surface area contributed by atoms with Crippen LogP contribution in [0.4, 0.5) is 0 Å². The van der Waals surface area contributed by atoms with Gasteiger partial charge in [-0.25, -0.2) is 0 Å². The van der Waals surface area contributed by atoms with Gasteiger partial charge in [-0.05, 0) is 54.1 Å². The highest BCUT2D eigenvalue weighted by molar-refractivity contribution is 5.37. The lowest BCUT2D eigenvalue weighted by Gasteiger charge is -2.07.